The first-order chi connectivity index (χ1) is 10.1. The molecule has 0 bridgehead atoms. The molecule has 1 atom stereocenters. The minimum absolute atomic E-state index is 0.317. The van der Waals surface area contributed by atoms with Gasteiger partial charge in [0, 0.05) is 5.38 Å². The van der Waals surface area contributed by atoms with E-state index in [4.69, 9.17) is 11.6 Å². The highest BCUT2D eigenvalue weighted by molar-refractivity contribution is 6.20. The van der Waals surface area contributed by atoms with E-state index in [-0.39, 0.29) is 0 Å². The molecule has 0 nitrogen and oxygen atoms in total. The van der Waals surface area contributed by atoms with Gasteiger partial charge in [-0.15, -0.1) is 11.6 Å². The lowest BCUT2D eigenvalue weighted by Crippen LogP contribution is -2.24. The highest BCUT2D eigenvalue weighted by Gasteiger charge is 2.26. The Morgan fingerprint density at radius 2 is 1.86 bits per heavy atom. The number of unbranched alkanes of at least 4 members (excludes halogenated alkanes) is 1. The zero-order valence-corrected chi connectivity index (χ0v) is 14.8. The van der Waals surface area contributed by atoms with Crippen LogP contribution in [0.25, 0.3) is 0 Å². The van der Waals surface area contributed by atoms with Gasteiger partial charge < -0.3 is 0 Å². The second kappa shape index (κ2) is 8.22. The molecule has 118 valence electrons. The number of rotatable bonds is 6. The van der Waals surface area contributed by atoms with Crippen molar-refractivity contribution in [3.63, 3.8) is 0 Å². The van der Waals surface area contributed by atoms with Crippen molar-refractivity contribution in [1.29, 1.82) is 0 Å². The molecule has 1 aliphatic rings. The Balaban J connectivity index is 1.84. The first kappa shape index (κ1) is 16.9. The summed E-state index contributed by atoms with van der Waals surface area (Å²) in [5.74, 6) is 1.70. The standard InChI is InChI=1S/C20H31Cl/c1-4-5-6-17-9-11-18(12-10-17)20(21)14-19-13-15(2)7-8-16(19)3/h7-8,13,17-18,20H,4-6,9-12,14H2,1-3H3. The van der Waals surface area contributed by atoms with E-state index in [9.17, 15) is 0 Å². The first-order valence-electron chi connectivity index (χ1n) is 8.80. The van der Waals surface area contributed by atoms with E-state index in [2.05, 4.69) is 39.0 Å². The molecule has 2 rings (SSSR count). The van der Waals surface area contributed by atoms with E-state index < -0.39 is 0 Å². The Morgan fingerprint density at radius 3 is 2.52 bits per heavy atom. The smallest absolute Gasteiger partial charge is 0.0404 e. The summed E-state index contributed by atoms with van der Waals surface area (Å²) >= 11 is 6.77. The molecule has 21 heavy (non-hydrogen) atoms. The zero-order valence-electron chi connectivity index (χ0n) is 14.0. The van der Waals surface area contributed by atoms with Crippen LogP contribution in [0, 0.1) is 25.7 Å². The van der Waals surface area contributed by atoms with Crippen molar-refractivity contribution in [2.24, 2.45) is 11.8 Å². The lowest BCUT2D eigenvalue weighted by Gasteiger charge is -2.31. The van der Waals surface area contributed by atoms with Crippen molar-refractivity contribution in [2.75, 3.05) is 0 Å². The van der Waals surface area contributed by atoms with E-state index in [1.165, 1.54) is 61.6 Å². The van der Waals surface area contributed by atoms with Crippen LogP contribution in [0.2, 0.25) is 0 Å². The molecule has 1 fully saturated rings. The van der Waals surface area contributed by atoms with Crippen LogP contribution in [-0.2, 0) is 6.42 Å². The highest BCUT2D eigenvalue weighted by Crippen LogP contribution is 2.36. The molecule has 0 spiro atoms. The fourth-order valence-corrected chi connectivity index (χ4v) is 4.15. The zero-order chi connectivity index (χ0) is 15.2. The predicted molar refractivity (Wildman–Crippen MR) is 94.2 cm³/mol. The third-order valence-electron chi connectivity index (χ3n) is 5.29. The van der Waals surface area contributed by atoms with Crippen molar-refractivity contribution in [1.82, 2.24) is 0 Å². The van der Waals surface area contributed by atoms with Gasteiger partial charge in [-0.25, -0.2) is 0 Å². The van der Waals surface area contributed by atoms with Gasteiger partial charge in [0.1, 0.15) is 0 Å². The van der Waals surface area contributed by atoms with Gasteiger partial charge in [-0.2, -0.15) is 0 Å². The van der Waals surface area contributed by atoms with E-state index in [0.717, 1.165) is 18.3 Å². The van der Waals surface area contributed by atoms with Crippen LogP contribution >= 0.6 is 11.6 Å². The molecule has 0 amide bonds. The molecule has 1 aliphatic carbocycles. The maximum absolute atomic E-state index is 6.77. The number of aryl methyl sites for hydroxylation is 2. The molecule has 0 aliphatic heterocycles. The molecule has 0 heterocycles. The Kier molecular flexibility index (Phi) is 6.61. The largest absolute Gasteiger partial charge is 0.122 e. The second-order valence-electron chi connectivity index (χ2n) is 7.07. The van der Waals surface area contributed by atoms with Crippen LogP contribution in [0.3, 0.4) is 0 Å². The Bertz CT molecular complexity index is 429. The minimum Gasteiger partial charge on any atom is -0.122 e. The molecule has 0 saturated heterocycles. The summed E-state index contributed by atoms with van der Waals surface area (Å²) in [7, 11) is 0. The van der Waals surface area contributed by atoms with Crippen molar-refractivity contribution in [2.45, 2.75) is 77.5 Å². The summed E-state index contributed by atoms with van der Waals surface area (Å²) in [6.45, 7) is 6.68. The summed E-state index contributed by atoms with van der Waals surface area (Å²) in [6, 6.07) is 6.74. The molecule has 1 heteroatoms. The van der Waals surface area contributed by atoms with Gasteiger partial charge >= 0.3 is 0 Å². The molecular formula is C20H31Cl. The lowest BCUT2D eigenvalue weighted by molar-refractivity contribution is 0.253. The summed E-state index contributed by atoms with van der Waals surface area (Å²) < 4.78 is 0. The number of halogens is 1. The molecule has 1 aromatic carbocycles. The van der Waals surface area contributed by atoms with Gasteiger partial charge in [-0.1, -0.05) is 62.8 Å². The van der Waals surface area contributed by atoms with Crippen LogP contribution in [0.4, 0.5) is 0 Å². The summed E-state index contributed by atoms with van der Waals surface area (Å²) in [4.78, 5) is 0. The molecular weight excluding hydrogens is 276 g/mol. The molecule has 0 aromatic heterocycles. The van der Waals surface area contributed by atoms with Gasteiger partial charge in [0.15, 0.2) is 0 Å². The van der Waals surface area contributed by atoms with Crippen molar-refractivity contribution < 1.29 is 0 Å². The van der Waals surface area contributed by atoms with Crippen LogP contribution < -0.4 is 0 Å². The SMILES string of the molecule is CCCCC1CCC(C(Cl)Cc2cc(C)ccc2C)CC1. The fraction of sp³-hybridized carbons (Fsp3) is 0.700. The second-order valence-corrected chi connectivity index (χ2v) is 7.63. The van der Waals surface area contributed by atoms with Crippen LogP contribution in [-0.4, -0.2) is 5.38 Å². The van der Waals surface area contributed by atoms with Crippen molar-refractivity contribution in [3.8, 4) is 0 Å². The van der Waals surface area contributed by atoms with Gasteiger partial charge in [-0.05, 0) is 56.1 Å². The molecule has 1 unspecified atom stereocenters. The average molecular weight is 307 g/mol. The number of benzene rings is 1. The third-order valence-corrected chi connectivity index (χ3v) is 5.80. The topological polar surface area (TPSA) is 0 Å². The Labute approximate surface area is 136 Å². The predicted octanol–water partition coefficient (Wildman–Crippen LogP) is 6.45. The van der Waals surface area contributed by atoms with Gasteiger partial charge in [0.2, 0.25) is 0 Å². The van der Waals surface area contributed by atoms with E-state index >= 15 is 0 Å². The number of hydrogen-bond acceptors (Lipinski definition) is 0. The number of hydrogen-bond donors (Lipinski definition) is 0. The van der Waals surface area contributed by atoms with Gasteiger partial charge in [0.05, 0.1) is 0 Å². The maximum atomic E-state index is 6.77. The summed E-state index contributed by atoms with van der Waals surface area (Å²) in [5.41, 5.74) is 4.19. The Morgan fingerprint density at radius 1 is 1.14 bits per heavy atom. The normalized spacial score (nSPS) is 24.0. The number of alkyl halides is 1. The van der Waals surface area contributed by atoms with E-state index in [0.29, 0.717) is 5.38 Å². The Hall–Kier alpha value is -0.490. The minimum atomic E-state index is 0.317. The molecule has 0 N–H and O–H groups in total. The molecule has 1 aromatic rings. The lowest BCUT2D eigenvalue weighted by atomic mass is 9.77. The van der Waals surface area contributed by atoms with E-state index in [1.807, 2.05) is 0 Å². The first-order valence-corrected chi connectivity index (χ1v) is 9.24. The van der Waals surface area contributed by atoms with Crippen molar-refractivity contribution in [3.05, 3.63) is 34.9 Å². The third kappa shape index (κ3) is 5.02. The van der Waals surface area contributed by atoms with Crippen LogP contribution in [0.5, 0.6) is 0 Å². The van der Waals surface area contributed by atoms with Crippen LogP contribution in [0.1, 0.15) is 68.6 Å². The maximum Gasteiger partial charge on any atom is 0.0404 e. The van der Waals surface area contributed by atoms with Crippen LogP contribution in [0.15, 0.2) is 18.2 Å². The molecule has 1 saturated carbocycles. The summed E-state index contributed by atoms with van der Waals surface area (Å²) in [5, 5.41) is 0.317. The fourth-order valence-electron chi connectivity index (χ4n) is 3.73. The van der Waals surface area contributed by atoms with Crippen molar-refractivity contribution >= 4 is 11.6 Å². The summed E-state index contributed by atoms with van der Waals surface area (Å²) in [6.07, 6.45) is 10.7. The molecule has 0 radical (unpaired) electrons. The van der Waals surface area contributed by atoms with E-state index in [1.54, 1.807) is 0 Å². The average Bonchev–Trinajstić information content (AvgIpc) is 2.49. The quantitative estimate of drug-likeness (QED) is 0.530. The van der Waals surface area contributed by atoms with Gasteiger partial charge in [0.25, 0.3) is 0 Å². The monoisotopic (exact) mass is 306 g/mol. The van der Waals surface area contributed by atoms with Gasteiger partial charge in [-0.3, -0.25) is 0 Å². The highest BCUT2D eigenvalue weighted by atomic mass is 35.5.